The Bertz CT molecular complexity index is 558. The second-order valence-corrected chi connectivity index (χ2v) is 4.47. The summed E-state index contributed by atoms with van der Waals surface area (Å²) in [5.41, 5.74) is 1.07. The molecule has 0 saturated carbocycles. The Morgan fingerprint density at radius 2 is 2.00 bits per heavy atom. The van der Waals surface area contributed by atoms with Gasteiger partial charge in [-0.25, -0.2) is 9.78 Å². The molecule has 0 saturated heterocycles. The van der Waals surface area contributed by atoms with Gasteiger partial charge in [0.2, 0.25) is 0 Å². The molecule has 19 heavy (non-hydrogen) atoms. The molecule has 2 rings (SSSR count). The van der Waals surface area contributed by atoms with Crippen molar-refractivity contribution in [3.05, 3.63) is 41.9 Å². The van der Waals surface area contributed by atoms with Crippen LogP contribution in [0.5, 0.6) is 0 Å². The number of benzene rings is 1. The first-order chi connectivity index (χ1) is 9.13. The third-order valence-electron chi connectivity index (χ3n) is 2.64. The van der Waals surface area contributed by atoms with Gasteiger partial charge in [0.25, 0.3) is 0 Å². The van der Waals surface area contributed by atoms with E-state index in [0.29, 0.717) is 18.3 Å². The molecule has 0 radical (unpaired) electrons. The van der Waals surface area contributed by atoms with Gasteiger partial charge in [0.05, 0.1) is 6.61 Å². The fourth-order valence-corrected chi connectivity index (χ4v) is 1.71. The minimum atomic E-state index is -0.447. The van der Waals surface area contributed by atoms with E-state index in [2.05, 4.69) is 4.98 Å². The summed E-state index contributed by atoms with van der Waals surface area (Å²) in [4.78, 5) is 16.2. The van der Waals surface area contributed by atoms with E-state index in [1.165, 1.54) is 0 Å². The number of ether oxygens (including phenoxy) is 1. The largest absolute Gasteiger partial charge is 0.461 e. The number of rotatable bonds is 4. The van der Waals surface area contributed by atoms with E-state index in [0.717, 1.165) is 5.56 Å². The Balaban J connectivity index is 2.49. The minimum absolute atomic E-state index is 0.116. The lowest BCUT2D eigenvalue weighted by molar-refractivity contribution is 0.0520. The second-order valence-electron chi connectivity index (χ2n) is 4.47. The number of carbonyl (C=O) groups excluding carboxylic acids is 1. The molecule has 2 aromatic rings. The zero-order valence-corrected chi connectivity index (χ0v) is 11.3. The molecule has 0 aliphatic heterocycles. The predicted molar refractivity (Wildman–Crippen MR) is 72.0 cm³/mol. The van der Waals surface area contributed by atoms with Crippen LogP contribution in [-0.2, 0) is 4.74 Å². The van der Waals surface area contributed by atoms with Gasteiger partial charge in [0, 0.05) is 11.5 Å². The van der Waals surface area contributed by atoms with Crippen molar-refractivity contribution in [2.75, 3.05) is 6.61 Å². The molecular formula is C15H17NO3. The first kappa shape index (κ1) is 13.3. The van der Waals surface area contributed by atoms with Crippen molar-refractivity contribution in [3.8, 4) is 11.3 Å². The van der Waals surface area contributed by atoms with Gasteiger partial charge in [0.15, 0.2) is 17.3 Å². The van der Waals surface area contributed by atoms with Crippen molar-refractivity contribution in [3.63, 3.8) is 0 Å². The Morgan fingerprint density at radius 1 is 1.32 bits per heavy atom. The van der Waals surface area contributed by atoms with E-state index < -0.39 is 5.97 Å². The quantitative estimate of drug-likeness (QED) is 0.786. The minimum Gasteiger partial charge on any atom is -0.461 e. The molecule has 0 fully saturated rings. The van der Waals surface area contributed by atoms with Crippen LogP contribution in [0.25, 0.3) is 11.3 Å². The van der Waals surface area contributed by atoms with Crippen molar-refractivity contribution < 1.29 is 13.9 Å². The van der Waals surface area contributed by atoms with Crippen molar-refractivity contribution in [2.45, 2.75) is 26.7 Å². The number of aromatic nitrogens is 1. The number of carbonyl (C=O) groups is 1. The van der Waals surface area contributed by atoms with Gasteiger partial charge in [-0.05, 0) is 6.92 Å². The Labute approximate surface area is 112 Å². The number of oxazole rings is 1. The molecule has 100 valence electrons. The summed E-state index contributed by atoms with van der Waals surface area (Å²) in [7, 11) is 0. The normalized spacial score (nSPS) is 10.7. The number of hydrogen-bond donors (Lipinski definition) is 0. The third kappa shape index (κ3) is 2.84. The lowest BCUT2D eigenvalue weighted by Crippen LogP contribution is -2.06. The molecule has 4 heteroatoms. The van der Waals surface area contributed by atoms with Crippen molar-refractivity contribution in [1.29, 1.82) is 0 Å². The zero-order chi connectivity index (χ0) is 13.8. The molecule has 4 nitrogen and oxygen atoms in total. The first-order valence-corrected chi connectivity index (χ1v) is 6.36. The lowest BCUT2D eigenvalue weighted by Gasteiger charge is -2.00. The molecule has 0 N–H and O–H groups in total. The highest BCUT2D eigenvalue weighted by Gasteiger charge is 2.23. The van der Waals surface area contributed by atoms with Crippen LogP contribution < -0.4 is 0 Å². The van der Waals surface area contributed by atoms with Gasteiger partial charge in [-0.15, -0.1) is 0 Å². The van der Waals surface area contributed by atoms with Gasteiger partial charge in [0.1, 0.15) is 0 Å². The highest BCUT2D eigenvalue weighted by atomic mass is 16.5. The predicted octanol–water partition coefficient (Wildman–Crippen LogP) is 3.64. The van der Waals surface area contributed by atoms with Crippen molar-refractivity contribution in [1.82, 2.24) is 4.98 Å². The van der Waals surface area contributed by atoms with Crippen LogP contribution in [0.15, 0.2) is 34.7 Å². The molecule has 0 spiro atoms. The molecule has 0 bridgehead atoms. The van der Waals surface area contributed by atoms with Crippen LogP contribution in [0.3, 0.4) is 0 Å². The lowest BCUT2D eigenvalue weighted by atomic mass is 10.1. The van der Waals surface area contributed by atoms with Gasteiger partial charge in [-0.1, -0.05) is 44.2 Å². The first-order valence-electron chi connectivity index (χ1n) is 6.36. The maximum atomic E-state index is 11.9. The summed E-state index contributed by atoms with van der Waals surface area (Å²) >= 11 is 0. The van der Waals surface area contributed by atoms with E-state index in [1.807, 2.05) is 44.2 Å². The second kappa shape index (κ2) is 5.69. The summed E-state index contributed by atoms with van der Waals surface area (Å²) in [6.07, 6.45) is 0. The van der Waals surface area contributed by atoms with Crippen molar-refractivity contribution >= 4 is 5.97 Å². The summed E-state index contributed by atoms with van der Waals surface area (Å²) in [6, 6.07) is 9.46. The molecule has 1 aromatic heterocycles. The van der Waals surface area contributed by atoms with Crippen LogP contribution in [0, 0.1) is 0 Å². The number of hydrogen-bond acceptors (Lipinski definition) is 4. The van der Waals surface area contributed by atoms with Crippen LogP contribution in [-0.4, -0.2) is 17.6 Å². The average molecular weight is 259 g/mol. The van der Waals surface area contributed by atoms with Gasteiger partial charge in [-0.2, -0.15) is 0 Å². The topological polar surface area (TPSA) is 52.3 Å². The Hall–Kier alpha value is -2.10. The highest BCUT2D eigenvalue weighted by molar-refractivity contribution is 5.93. The molecule has 0 amide bonds. The Morgan fingerprint density at radius 3 is 2.58 bits per heavy atom. The number of esters is 1. The summed E-state index contributed by atoms with van der Waals surface area (Å²) < 4.78 is 10.7. The van der Waals surface area contributed by atoms with Crippen LogP contribution in [0.4, 0.5) is 0 Å². The SMILES string of the molecule is CCOC(=O)c1nc(C(C)C)oc1-c1ccccc1. The number of nitrogens with zero attached hydrogens (tertiary/aromatic N) is 1. The average Bonchev–Trinajstić information content (AvgIpc) is 2.85. The van der Waals surface area contributed by atoms with E-state index in [9.17, 15) is 4.79 Å². The summed E-state index contributed by atoms with van der Waals surface area (Å²) in [6.45, 7) is 6.02. The maximum Gasteiger partial charge on any atom is 0.360 e. The fraction of sp³-hybridized carbons (Fsp3) is 0.333. The molecule has 1 heterocycles. The Kier molecular flexibility index (Phi) is 4.00. The van der Waals surface area contributed by atoms with Gasteiger partial charge >= 0.3 is 5.97 Å². The smallest absolute Gasteiger partial charge is 0.360 e. The molecule has 0 aliphatic carbocycles. The molecule has 0 atom stereocenters. The van der Waals surface area contributed by atoms with E-state index in [4.69, 9.17) is 9.15 Å². The van der Waals surface area contributed by atoms with E-state index >= 15 is 0 Å². The standard InChI is InChI=1S/C15H17NO3/c1-4-18-15(17)12-13(11-8-6-5-7-9-11)19-14(16-12)10(2)3/h5-10H,4H2,1-3H3. The summed E-state index contributed by atoms with van der Waals surface area (Å²) in [5.74, 6) is 0.687. The molecular weight excluding hydrogens is 242 g/mol. The van der Waals surface area contributed by atoms with Crippen LogP contribution in [0.2, 0.25) is 0 Å². The maximum absolute atomic E-state index is 11.9. The van der Waals surface area contributed by atoms with Gasteiger partial charge < -0.3 is 9.15 Å². The zero-order valence-electron chi connectivity index (χ0n) is 11.3. The van der Waals surface area contributed by atoms with Crippen LogP contribution in [0.1, 0.15) is 43.1 Å². The van der Waals surface area contributed by atoms with Gasteiger partial charge in [-0.3, -0.25) is 0 Å². The molecule has 0 aliphatic rings. The fourth-order valence-electron chi connectivity index (χ4n) is 1.71. The van der Waals surface area contributed by atoms with Crippen LogP contribution >= 0.6 is 0 Å². The summed E-state index contributed by atoms with van der Waals surface area (Å²) in [5, 5.41) is 0. The van der Waals surface area contributed by atoms with E-state index in [1.54, 1.807) is 6.92 Å². The van der Waals surface area contributed by atoms with E-state index in [-0.39, 0.29) is 11.6 Å². The molecule has 1 aromatic carbocycles. The molecule has 0 unspecified atom stereocenters. The third-order valence-corrected chi connectivity index (χ3v) is 2.64. The monoisotopic (exact) mass is 259 g/mol. The van der Waals surface area contributed by atoms with Crippen molar-refractivity contribution in [2.24, 2.45) is 0 Å². The highest BCUT2D eigenvalue weighted by Crippen LogP contribution is 2.28.